The molecule has 0 unspecified atom stereocenters. The number of aromatic nitrogens is 1. The van der Waals surface area contributed by atoms with Gasteiger partial charge < -0.3 is 0 Å². The molecule has 0 saturated carbocycles. The van der Waals surface area contributed by atoms with Gasteiger partial charge in [0.15, 0.2) is 0 Å². The Morgan fingerprint density at radius 1 is 1.10 bits per heavy atom. The number of nitrogens with zero attached hydrogens (tertiary/aromatic N) is 1. The minimum absolute atomic E-state index is 0.0534. The monoisotopic (exact) mass is 308 g/mol. The Balaban J connectivity index is 2.28. The van der Waals surface area contributed by atoms with Gasteiger partial charge in [0.2, 0.25) is 0 Å². The molecule has 2 aromatic rings. The maximum Gasteiger partial charge on any atom is 0.261 e. The van der Waals surface area contributed by atoms with E-state index in [0.29, 0.717) is 0 Å². The van der Waals surface area contributed by atoms with E-state index in [-0.39, 0.29) is 16.0 Å². The molecule has 0 atom stereocenters. The first-order valence-electron chi connectivity index (χ1n) is 6.42. The number of rotatable bonds is 3. The van der Waals surface area contributed by atoms with Gasteiger partial charge in [-0.3, -0.25) is 9.71 Å². The lowest BCUT2D eigenvalue weighted by Gasteiger charge is -2.19. The van der Waals surface area contributed by atoms with Crippen LogP contribution in [0.2, 0.25) is 0 Å². The third-order valence-corrected chi connectivity index (χ3v) is 4.38. The average molecular weight is 308 g/mol. The Morgan fingerprint density at radius 2 is 1.71 bits per heavy atom. The summed E-state index contributed by atoms with van der Waals surface area (Å²) in [6.45, 7) is 6.15. The highest BCUT2D eigenvalue weighted by Gasteiger charge is 2.17. The number of hydrogen-bond donors (Lipinski definition) is 1. The van der Waals surface area contributed by atoms with Crippen molar-refractivity contribution in [1.82, 2.24) is 4.98 Å². The summed E-state index contributed by atoms with van der Waals surface area (Å²) >= 11 is 0. The summed E-state index contributed by atoms with van der Waals surface area (Å²) in [6, 6.07) is 7.70. The third kappa shape index (κ3) is 3.78. The van der Waals surface area contributed by atoms with Crippen molar-refractivity contribution in [3.63, 3.8) is 0 Å². The summed E-state index contributed by atoms with van der Waals surface area (Å²) in [5.74, 6) is -0.599. The van der Waals surface area contributed by atoms with E-state index < -0.39 is 15.8 Å². The first kappa shape index (κ1) is 15.4. The highest BCUT2D eigenvalue weighted by molar-refractivity contribution is 7.92. The zero-order valence-corrected chi connectivity index (χ0v) is 12.9. The van der Waals surface area contributed by atoms with Gasteiger partial charge >= 0.3 is 0 Å². The van der Waals surface area contributed by atoms with E-state index in [4.69, 9.17) is 0 Å². The van der Waals surface area contributed by atoms with Crippen LogP contribution < -0.4 is 4.72 Å². The number of anilines is 1. The Labute approximate surface area is 124 Å². The molecule has 1 aromatic carbocycles. The molecule has 112 valence electrons. The van der Waals surface area contributed by atoms with Gasteiger partial charge in [-0.05, 0) is 23.1 Å². The van der Waals surface area contributed by atoms with E-state index in [2.05, 4.69) is 9.71 Å². The van der Waals surface area contributed by atoms with E-state index in [1.165, 1.54) is 18.3 Å². The molecule has 1 N–H and O–H groups in total. The zero-order valence-electron chi connectivity index (χ0n) is 12.1. The Bertz CT molecular complexity index is 735. The summed E-state index contributed by atoms with van der Waals surface area (Å²) in [4.78, 5) is 3.73. The van der Waals surface area contributed by atoms with Gasteiger partial charge in [0, 0.05) is 6.07 Å². The fourth-order valence-corrected chi connectivity index (χ4v) is 2.85. The number of nitrogens with one attached hydrogen (secondary N) is 1. The molecular weight excluding hydrogens is 291 g/mol. The molecule has 0 bridgehead atoms. The molecule has 6 heteroatoms. The topological polar surface area (TPSA) is 59.1 Å². The molecule has 0 aliphatic heterocycles. The molecule has 0 spiro atoms. The Morgan fingerprint density at radius 3 is 2.24 bits per heavy atom. The van der Waals surface area contributed by atoms with Crippen LogP contribution in [0.5, 0.6) is 0 Å². The van der Waals surface area contributed by atoms with Gasteiger partial charge in [0.25, 0.3) is 10.0 Å². The molecule has 0 radical (unpaired) electrons. The Hall–Kier alpha value is -1.95. The smallest absolute Gasteiger partial charge is 0.261 e. The molecule has 4 nitrogen and oxygen atoms in total. The second-order valence-corrected chi connectivity index (χ2v) is 7.45. The van der Waals surface area contributed by atoms with Crippen molar-refractivity contribution in [3.05, 3.63) is 54.1 Å². The van der Waals surface area contributed by atoms with Crippen molar-refractivity contribution in [2.45, 2.75) is 31.1 Å². The van der Waals surface area contributed by atoms with Crippen LogP contribution in [-0.4, -0.2) is 13.4 Å². The maximum absolute atomic E-state index is 13.0. The fraction of sp³-hybridized carbons (Fsp3) is 0.267. The quantitative estimate of drug-likeness (QED) is 0.946. The molecule has 0 fully saturated rings. The van der Waals surface area contributed by atoms with Gasteiger partial charge in [-0.15, -0.1) is 0 Å². The fourth-order valence-electron chi connectivity index (χ4n) is 1.82. The SMILES string of the molecule is CC(C)(C)c1ccc(S(=O)(=O)Nc2cncc(F)c2)cc1. The number of pyridine rings is 1. The van der Waals surface area contributed by atoms with Crippen molar-refractivity contribution < 1.29 is 12.8 Å². The number of hydrogen-bond acceptors (Lipinski definition) is 3. The minimum Gasteiger partial charge on any atom is -0.278 e. The zero-order chi connectivity index (χ0) is 15.7. The largest absolute Gasteiger partial charge is 0.278 e. The number of benzene rings is 1. The van der Waals surface area contributed by atoms with Crippen molar-refractivity contribution in [1.29, 1.82) is 0 Å². The summed E-state index contributed by atoms with van der Waals surface area (Å²) in [5.41, 5.74) is 1.08. The van der Waals surface area contributed by atoms with E-state index in [9.17, 15) is 12.8 Å². The number of sulfonamides is 1. The normalized spacial score (nSPS) is 12.2. The summed E-state index contributed by atoms with van der Waals surface area (Å²) in [5, 5.41) is 0. The van der Waals surface area contributed by atoms with Crippen LogP contribution in [0, 0.1) is 5.82 Å². The van der Waals surface area contributed by atoms with Crippen LogP contribution in [0.3, 0.4) is 0 Å². The average Bonchev–Trinajstić information content (AvgIpc) is 2.37. The number of halogens is 1. The predicted molar refractivity (Wildman–Crippen MR) is 80.1 cm³/mol. The molecular formula is C15H17FN2O2S. The van der Waals surface area contributed by atoms with E-state index >= 15 is 0 Å². The maximum atomic E-state index is 13.0. The highest BCUT2D eigenvalue weighted by atomic mass is 32.2. The summed E-state index contributed by atoms with van der Waals surface area (Å²) in [6.07, 6.45) is 2.26. The lowest BCUT2D eigenvalue weighted by atomic mass is 9.87. The van der Waals surface area contributed by atoms with Crippen LogP contribution in [0.25, 0.3) is 0 Å². The van der Waals surface area contributed by atoms with Crippen molar-refractivity contribution in [2.24, 2.45) is 0 Å². The van der Waals surface area contributed by atoms with E-state index in [1.807, 2.05) is 20.8 Å². The second-order valence-electron chi connectivity index (χ2n) is 5.77. The molecule has 0 saturated heterocycles. The van der Waals surface area contributed by atoms with E-state index in [0.717, 1.165) is 17.8 Å². The standard InChI is InChI=1S/C15H17FN2O2S/c1-15(2,3)11-4-6-14(7-5-11)21(19,20)18-13-8-12(16)9-17-10-13/h4-10,18H,1-3H3. The van der Waals surface area contributed by atoms with Crippen molar-refractivity contribution in [3.8, 4) is 0 Å². The highest BCUT2D eigenvalue weighted by Crippen LogP contribution is 2.24. The molecule has 1 heterocycles. The van der Waals surface area contributed by atoms with Crippen LogP contribution in [0.4, 0.5) is 10.1 Å². The molecule has 2 rings (SSSR count). The minimum atomic E-state index is -3.75. The lowest BCUT2D eigenvalue weighted by molar-refractivity contribution is 0.587. The van der Waals surface area contributed by atoms with Crippen LogP contribution in [0.1, 0.15) is 26.3 Å². The van der Waals surface area contributed by atoms with Crippen molar-refractivity contribution >= 4 is 15.7 Å². The van der Waals surface area contributed by atoms with Gasteiger partial charge in [0.05, 0.1) is 23.0 Å². The second kappa shape index (κ2) is 5.44. The summed E-state index contributed by atoms with van der Waals surface area (Å²) in [7, 11) is -3.75. The predicted octanol–water partition coefficient (Wildman–Crippen LogP) is 3.32. The van der Waals surface area contributed by atoms with Gasteiger partial charge in [-0.25, -0.2) is 12.8 Å². The lowest BCUT2D eigenvalue weighted by Crippen LogP contribution is -2.15. The third-order valence-electron chi connectivity index (χ3n) is 2.99. The van der Waals surface area contributed by atoms with E-state index in [1.54, 1.807) is 12.1 Å². The van der Waals surface area contributed by atoms with Crippen LogP contribution in [0.15, 0.2) is 47.6 Å². The molecule has 1 aromatic heterocycles. The molecule has 0 aliphatic carbocycles. The first-order chi connectivity index (χ1) is 9.68. The first-order valence-corrected chi connectivity index (χ1v) is 7.91. The van der Waals surface area contributed by atoms with Gasteiger partial charge in [-0.1, -0.05) is 32.9 Å². The van der Waals surface area contributed by atoms with Gasteiger partial charge in [-0.2, -0.15) is 0 Å². The summed E-state index contributed by atoms with van der Waals surface area (Å²) < 4.78 is 39.8. The Kier molecular flexibility index (Phi) is 4.00. The van der Waals surface area contributed by atoms with Gasteiger partial charge in [0.1, 0.15) is 5.82 Å². The van der Waals surface area contributed by atoms with Crippen LogP contribution >= 0.6 is 0 Å². The molecule has 0 amide bonds. The molecule has 21 heavy (non-hydrogen) atoms. The van der Waals surface area contributed by atoms with Crippen molar-refractivity contribution in [2.75, 3.05) is 4.72 Å². The van der Waals surface area contributed by atoms with Crippen LogP contribution in [-0.2, 0) is 15.4 Å². The molecule has 0 aliphatic rings.